The molecule has 3 fully saturated rings. The number of rotatable bonds is 6. The molecule has 1 aromatic rings. The van der Waals surface area contributed by atoms with Gasteiger partial charge in [-0.1, -0.05) is 31.9 Å². The normalized spacial score (nSPS) is 28.1. The minimum atomic E-state index is -0.676. The highest BCUT2D eigenvalue weighted by atomic mass is 16.5. The molecule has 6 nitrogen and oxygen atoms in total. The highest BCUT2D eigenvalue weighted by Gasteiger charge is 2.55. The molecular formula is C21H29N3O3. The molecule has 1 saturated heterocycles. The third kappa shape index (κ3) is 3.43. The molecule has 146 valence electrons. The summed E-state index contributed by atoms with van der Waals surface area (Å²) in [6, 6.07) is 8.22. The molecule has 6 heteroatoms. The van der Waals surface area contributed by atoms with Gasteiger partial charge in [-0.2, -0.15) is 0 Å². The minimum Gasteiger partial charge on any atom is -0.497 e. The number of hydrogen-bond donors (Lipinski definition) is 1. The first-order valence-electron chi connectivity index (χ1n) is 10.0. The molecule has 0 unspecified atom stereocenters. The number of urea groups is 1. The Balaban J connectivity index is 1.48. The fourth-order valence-corrected chi connectivity index (χ4v) is 4.51. The standard InChI is InChI=1S/C21H29N3O3/c1-15-5-3-4-12-21(15)19(25)24(20(26)22-21)14-23(17-8-9-17)13-16-6-10-18(27-2)11-7-16/h6-7,10-11,15,17H,3-5,8-9,12-14H2,1-2H3,(H,22,26)/t15-,21-/m0/s1. The van der Waals surface area contributed by atoms with Gasteiger partial charge in [0.2, 0.25) is 0 Å². The predicted molar refractivity (Wildman–Crippen MR) is 102 cm³/mol. The number of hydrogen-bond acceptors (Lipinski definition) is 4. The minimum absolute atomic E-state index is 0.0277. The Bertz CT molecular complexity index is 716. The van der Waals surface area contributed by atoms with Crippen molar-refractivity contribution in [3.05, 3.63) is 29.8 Å². The average molecular weight is 371 g/mol. The zero-order chi connectivity index (χ0) is 19.0. The lowest BCUT2D eigenvalue weighted by Gasteiger charge is -2.37. The summed E-state index contributed by atoms with van der Waals surface area (Å²) >= 11 is 0. The molecule has 2 aliphatic carbocycles. The van der Waals surface area contributed by atoms with E-state index in [-0.39, 0.29) is 17.9 Å². The van der Waals surface area contributed by atoms with Crippen molar-refractivity contribution in [1.29, 1.82) is 0 Å². The van der Waals surface area contributed by atoms with E-state index in [1.807, 2.05) is 24.3 Å². The SMILES string of the molecule is COc1ccc(CN(CN2C(=O)N[C@]3(CCCC[C@@H]3C)C2=O)C2CC2)cc1. The van der Waals surface area contributed by atoms with Crippen molar-refractivity contribution in [1.82, 2.24) is 15.1 Å². The van der Waals surface area contributed by atoms with Crippen LogP contribution < -0.4 is 10.1 Å². The molecule has 27 heavy (non-hydrogen) atoms. The maximum absolute atomic E-state index is 13.2. The molecule has 2 saturated carbocycles. The first-order chi connectivity index (χ1) is 13.0. The van der Waals surface area contributed by atoms with Crippen LogP contribution in [0.1, 0.15) is 51.0 Å². The largest absolute Gasteiger partial charge is 0.497 e. The van der Waals surface area contributed by atoms with Gasteiger partial charge in [-0.05, 0) is 49.3 Å². The van der Waals surface area contributed by atoms with E-state index in [1.165, 1.54) is 4.90 Å². The Kier molecular flexibility index (Phi) is 4.84. The summed E-state index contributed by atoms with van der Waals surface area (Å²) < 4.78 is 5.22. The fraction of sp³-hybridized carbons (Fsp3) is 0.619. The third-order valence-corrected chi connectivity index (χ3v) is 6.43. The van der Waals surface area contributed by atoms with E-state index in [0.29, 0.717) is 12.7 Å². The number of carbonyl (C=O) groups excluding carboxylic acids is 2. The van der Waals surface area contributed by atoms with E-state index >= 15 is 0 Å². The van der Waals surface area contributed by atoms with Crippen LogP contribution in [0.5, 0.6) is 5.75 Å². The van der Waals surface area contributed by atoms with Gasteiger partial charge < -0.3 is 10.1 Å². The molecule has 0 bridgehead atoms. The maximum Gasteiger partial charge on any atom is 0.326 e. The van der Waals surface area contributed by atoms with E-state index in [1.54, 1.807) is 7.11 Å². The molecule has 1 N–H and O–H groups in total. The van der Waals surface area contributed by atoms with E-state index in [0.717, 1.165) is 56.4 Å². The van der Waals surface area contributed by atoms with Crippen LogP contribution in [0.15, 0.2) is 24.3 Å². The monoisotopic (exact) mass is 371 g/mol. The summed E-state index contributed by atoms with van der Waals surface area (Å²) in [5.41, 5.74) is 0.487. The molecule has 0 radical (unpaired) electrons. The van der Waals surface area contributed by atoms with Crippen LogP contribution in [0.3, 0.4) is 0 Å². The second kappa shape index (κ2) is 7.15. The first-order valence-corrected chi connectivity index (χ1v) is 10.0. The van der Waals surface area contributed by atoms with Crippen LogP contribution >= 0.6 is 0 Å². The Morgan fingerprint density at radius 1 is 1.19 bits per heavy atom. The van der Waals surface area contributed by atoms with Crippen molar-refractivity contribution in [2.75, 3.05) is 13.8 Å². The van der Waals surface area contributed by atoms with Gasteiger partial charge in [-0.25, -0.2) is 9.69 Å². The summed E-state index contributed by atoms with van der Waals surface area (Å²) in [4.78, 5) is 29.6. The highest BCUT2D eigenvalue weighted by molar-refractivity contribution is 6.07. The number of imide groups is 1. The molecule has 3 aliphatic rings. The van der Waals surface area contributed by atoms with Crippen LogP contribution in [0.25, 0.3) is 0 Å². The Labute approximate surface area is 160 Å². The van der Waals surface area contributed by atoms with Gasteiger partial charge in [0, 0.05) is 12.6 Å². The number of nitrogens with zero attached hydrogens (tertiary/aromatic N) is 2. The highest BCUT2D eigenvalue weighted by Crippen LogP contribution is 2.39. The number of nitrogens with one attached hydrogen (secondary N) is 1. The van der Waals surface area contributed by atoms with Crippen molar-refractivity contribution >= 4 is 11.9 Å². The van der Waals surface area contributed by atoms with E-state index in [4.69, 9.17) is 4.74 Å². The molecule has 4 rings (SSSR count). The number of ether oxygens (including phenoxy) is 1. The molecule has 0 aromatic heterocycles. The van der Waals surface area contributed by atoms with Crippen LogP contribution in [0.4, 0.5) is 4.79 Å². The number of carbonyl (C=O) groups is 2. The van der Waals surface area contributed by atoms with E-state index in [9.17, 15) is 9.59 Å². The second-order valence-corrected chi connectivity index (χ2v) is 8.25. The summed E-state index contributed by atoms with van der Waals surface area (Å²) in [5.74, 6) is 1.00. The molecule has 3 amide bonds. The topological polar surface area (TPSA) is 61.9 Å². The molecular weight excluding hydrogens is 342 g/mol. The lowest BCUT2D eigenvalue weighted by atomic mass is 9.73. The van der Waals surface area contributed by atoms with Crippen LogP contribution in [-0.2, 0) is 11.3 Å². The van der Waals surface area contributed by atoms with Gasteiger partial charge in [0.25, 0.3) is 5.91 Å². The van der Waals surface area contributed by atoms with Crippen molar-refractivity contribution in [2.45, 2.75) is 63.6 Å². The summed E-state index contributed by atoms with van der Waals surface area (Å²) in [6.07, 6.45) is 6.15. The Morgan fingerprint density at radius 2 is 1.93 bits per heavy atom. The second-order valence-electron chi connectivity index (χ2n) is 8.25. The van der Waals surface area contributed by atoms with Gasteiger partial charge in [0.15, 0.2) is 0 Å². The summed E-state index contributed by atoms with van der Waals surface area (Å²) in [5, 5.41) is 3.06. The van der Waals surface area contributed by atoms with Crippen molar-refractivity contribution in [3.8, 4) is 5.75 Å². The molecule has 1 aliphatic heterocycles. The van der Waals surface area contributed by atoms with Gasteiger partial charge >= 0.3 is 6.03 Å². The zero-order valence-corrected chi connectivity index (χ0v) is 16.2. The molecule has 2 atom stereocenters. The number of methoxy groups -OCH3 is 1. The molecule has 1 aromatic carbocycles. The van der Waals surface area contributed by atoms with E-state index < -0.39 is 5.54 Å². The third-order valence-electron chi connectivity index (χ3n) is 6.43. The van der Waals surface area contributed by atoms with Crippen molar-refractivity contribution in [3.63, 3.8) is 0 Å². The first kappa shape index (κ1) is 18.3. The van der Waals surface area contributed by atoms with Crippen LogP contribution in [0, 0.1) is 5.92 Å². The summed E-state index contributed by atoms with van der Waals surface area (Å²) in [7, 11) is 1.66. The van der Waals surface area contributed by atoms with Crippen LogP contribution in [-0.4, -0.2) is 47.1 Å². The average Bonchev–Trinajstić information content (AvgIpc) is 3.49. The van der Waals surface area contributed by atoms with Crippen LogP contribution in [0.2, 0.25) is 0 Å². The molecule has 1 spiro atoms. The smallest absolute Gasteiger partial charge is 0.326 e. The zero-order valence-electron chi connectivity index (χ0n) is 16.2. The lowest BCUT2D eigenvalue weighted by molar-refractivity contribution is -0.135. The molecule has 1 heterocycles. The fourth-order valence-electron chi connectivity index (χ4n) is 4.51. The Hall–Kier alpha value is -2.08. The predicted octanol–water partition coefficient (Wildman–Crippen LogP) is 3.12. The van der Waals surface area contributed by atoms with Gasteiger partial charge in [-0.15, -0.1) is 0 Å². The maximum atomic E-state index is 13.2. The number of benzene rings is 1. The van der Waals surface area contributed by atoms with Gasteiger partial charge in [0.05, 0.1) is 13.8 Å². The van der Waals surface area contributed by atoms with Gasteiger partial charge in [0.1, 0.15) is 11.3 Å². The van der Waals surface area contributed by atoms with E-state index in [2.05, 4.69) is 17.1 Å². The number of amides is 3. The van der Waals surface area contributed by atoms with Crippen molar-refractivity contribution < 1.29 is 14.3 Å². The lowest BCUT2D eigenvalue weighted by Crippen LogP contribution is -2.54. The summed E-state index contributed by atoms with van der Waals surface area (Å²) in [6.45, 7) is 3.20. The van der Waals surface area contributed by atoms with Gasteiger partial charge in [-0.3, -0.25) is 9.69 Å². The van der Waals surface area contributed by atoms with Crippen molar-refractivity contribution in [2.24, 2.45) is 5.92 Å². The quantitative estimate of drug-likeness (QED) is 0.781. The Morgan fingerprint density at radius 3 is 2.56 bits per heavy atom.